The first kappa shape index (κ1) is 24.9. The zero-order valence-corrected chi connectivity index (χ0v) is 22.2. The number of benzene rings is 1. The molecule has 5 aliphatic rings. The Morgan fingerprint density at radius 2 is 1.73 bits per heavy atom. The normalized spacial score (nSPS) is 31.1. The number of likely N-dealkylation sites (tertiary alicyclic amines) is 2. The van der Waals surface area contributed by atoms with Crippen molar-refractivity contribution in [3.8, 4) is 5.75 Å². The van der Waals surface area contributed by atoms with Crippen molar-refractivity contribution in [3.63, 3.8) is 0 Å². The maximum atomic E-state index is 13.0. The molecule has 200 valence electrons. The second-order valence-electron chi connectivity index (χ2n) is 12.5. The zero-order valence-electron chi connectivity index (χ0n) is 22.2. The van der Waals surface area contributed by atoms with Crippen LogP contribution in [0.1, 0.15) is 81.1 Å². The lowest BCUT2D eigenvalue weighted by Crippen LogP contribution is -2.66. The van der Waals surface area contributed by atoms with E-state index in [0.717, 1.165) is 30.8 Å². The van der Waals surface area contributed by atoms with E-state index in [9.17, 15) is 14.4 Å². The molecule has 1 aromatic rings. The number of carbonyl (C=O) groups excluding carboxylic acids is 3. The van der Waals surface area contributed by atoms with Crippen molar-refractivity contribution in [2.45, 2.75) is 96.0 Å². The van der Waals surface area contributed by atoms with Crippen molar-refractivity contribution in [3.05, 3.63) is 29.3 Å². The number of amides is 3. The minimum absolute atomic E-state index is 0.140. The summed E-state index contributed by atoms with van der Waals surface area (Å²) >= 11 is 0. The highest BCUT2D eigenvalue weighted by molar-refractivity contribution is 6.05. The monoisotopic (exact) mass is 508 g/mol. The molecule has 1 saturated carbocycles. The number of imide groups is 1. The zero-order chi connectivity index (χ0) is 25.7. The number of hydrogen-bond acceptors (Lipinski definition) is 6. The number of hydrogen-bond donors (Lipinski definition) is 1. The molecular weight excluding hydrogens is 468 g/mol. The summed E-state index contributed by atoms with van der Waals surface area (Å²) < 4.78 is 6.60. The van der Waals surface area contributed by atoms with Gasteiger partial charge in [-0.05, 0) is 80.8 Å². The minimum Gasteiger partial charge on any atom is -0.489 e. The van der Waals surface area contributed by atoms with E-state index in [4.69, 9.17) is 4.74 Å². The van der Waals surface area contributed by atoms with Gasteiger partial charge >= 0.3 is 0 Å². The van der Waals surface area contributed by atoms with E-state index in [1.807, 2.05) is 18.2 Å². The summed E-state index contributed by atoms with van der Waals surface area (Å²) in [5.74, 6) is 0.0276. The van der Waals surface area contributed by atoms with Crippen LogP contribution in [0.2, 0.25) is 0 Å². The smallest absolute Gasteiger partial charge is 0.255 e. The van der Waals surface area contributed by atoms with Crippen LogP contribution in [-0.4, -0.2) is 82.8 Å². The average Bonchev–Trinajstić information content (AvgIpc) is 3.15. The highest BCUT2D eigenvalue weighted by Gasteiger charge is 2.43. The largest absolute Gasteiger partial charge is 0.489 e. The molecule has 8 nitrogen and oxygen atoms in total. The van der Waals surface area contributed by atoms with E-state index in [1.54, 1.807) is 4.90 Å². The second-order valence-corrected chi connectivity index (χ2v) is 12.5. The summed E-state index contributed by atoms with van der Waals surface area (Å²) in [5.41, 5.74) is 2.02. The summed E-state index contributed by atoms with van der Waals surface area (Å²) in [7, 11) is 0. The molecule has 6 rings (SSSR count). The number of ether oxygens (including phenoxy) is 1. The highest BCUT2D eigenvalue weighted by Crippen LogP contribution is 2.36. The lowest BCUT2D eigenvalue weighted by Gasteiger charge is -2.53. The Bertz CT molecular complexity index is 1070. The van der Waals surface area contributed by atoms with E-state index >= 15 is 0 Å². The van der Waals surface area contributed by atoms with Gasteiger partial charge in [-0.2, -0.15) is 0 Å². The molecule has 1 aliphatic carbocycles. The van der Waals surface area contributed by atoms with E-state index < -0.39 is 6.04 Å². The van der Waals surface area contributed by atoms with E-state index in [2.05, 4.69) is 29.0 Å². The summed E-state index contributed by atoms with van der Waals surface area (Å²) in [4.78, 5) is 43.8. The van der Waals surface area contributed by atoms with E-state index in [1.165, 1.54) is 45.2 Å². The molecule has 3 saturated heterocycles. The lowest BCUT2D eigenvalue weighted by molar-refractivity contribution is -0.136. The molecule has 37 heavy (non-hydrogen) atoms. The number of rotatable bonds is 5. The fourth-order valence-corrected chi connectivity index (χ4v) is 6.92. The van der Waals surface area contributed by atoms with Gasteiger partial charge in [-0.15, -0.1) is 0 Å². The third kappa shape index (κ3) is 4.90. The fraction of sp³-hybridized carbons (Fsp3) is 0.690. The first-order valence-corrected chi connectivity index (χ1v) is 14.2. The molecule has 8 heteroatoms. The maximum Gasteiger partial charge on any atom is 0.255 e. The van der Waals surface area contributed by atoms with Gasteiger partial charge in [0.15, 0.2) is 0 Å². The Hall–Kier alpha value is -2.45. The number of carbonyl (C=O) groups is 3. The molecule has 0 radical (unpaired) electrons. The standard InChI is InChI=1S/C29H40N4O4/c1-29(2)11-13-31(14-12-29)20-17-32(18-20)23-5-3-4-6-25(23)37-21-7-8-22-19(15-21)16-33(28(22)36)24-9-10-26(34)30-27(24)35/h7-8,15,20,23-25H,3-6,9-14,16-18H2,1-2H3,(H,30,34,35)/t23-,24?,25+/m0/s1. The van der Waals surface area contributed by atoms with Crippen LogP contribution in [0.5, 0.6) is 5.75 Å². The molecule has 0 bridgehead atoms. The SMILES string of the molecule is CC1(C)CCN(C2CN([C@H]3CCCC[C@H]3Oc3ccc4c(c3)CN(C3CCC(=O)NC3=O)C4=O)C2)CC1. The number of piperidine rings is 2. The van der Waals surface area contributed by atoms with Gasteiger partial charge in [0.05, 0.1) is 0 Å². The Kier molecular flexibility index (Phi) is 6.51. The van der Waals surface area contributed by atoms with Gasteiger partial charge in [0, 0.05) is 43.7 Å². The number of nitrogens with one attached hydrogen (secondary N) is 1. The molecule has 1 N–H and O–H groups in total. The molecule has 3 atom stereocenters. The lowest BCUT2D eigenvalue weighted by atomic mass is 9.81. The number of fused-ring (bicyclic) bond motifs is 1. The predicted octanol–water partition coefficient (Wildman–Crippen LogP) is 2.94. The summed E-state index contributed by atoms with van der Waals surface area (Å²) in [6, 6.07) is 6.28. The van der Waals surface area contributed by atoms with E-state index in [-0.39, 0.29) is 30.2 Å². The third-order valence-electron chi connectivity index (χ3n) is 9.48. The maximum absolute atomic E-state index is 13.0. The Labute approximate surface area is 219 Å². The Balaban J connectivity index is 1.08. The minimum atomic E-state index is -0.588. The molecule has 4 heterocycles. The van der Waals surface area contributed by atoms with Crippen molar-refractivity contribution in [1.29, 1.82) is 0 Å². The van der Waals surface area contributed by atoms with Gasteiger partial charge in [-0.25, -0.2) is 0 Å². The van der Waals surface area contributed by atoms with Gasteiger partial charge in [-0.1, -0.05) is 20.3 Å². The van der Waals surface area contributed by atoms with Crippen LogP contribution in [0, 0.1) is 5.41 Å². The van der Waals surface area contributed by atoms with Gasteiger partial charge < -0.3 is 9.64 Å². The van der Waals surface area contributed by atoms with Crippen LogP contribution in [0.15, 0.2) is 18.2 Å². The number of nitrogens with zero attached hydrogens (tertiary/aromatic N) is 3. The van der Waals surface area contributed by atoms with Gasteiger partial charge in [-0.3, -0.25) is 29.5 Å². The van der Waals surface area contributed by atoms with Crippen LogP contribution in [-0.2, 0) is 16.1 Å². The first-order valence-electron chi connectivity index (χ1n) is 14.2. The molecule has 4 aliphatic heterocycles. The summed E-state index contributed by atoms with van der Waals surface area (Å²) in [6.07, 6.45) is 8.07. The van der Waals surface area contributed by atoms with Crippen LogP contribution >= 0.6 is 0 Å². The topological polar surface area (TPSA) is 82.2 Å². The van der Waals surface area contributed by atoms with E-state index in [0.29, 0.717) is 36.0 Å². The molecule has 4 fully saturated rings. The molecule has 0 aromatic heterocycles. The van der Waals surface area contributed by atoms with Gasteiger partial charge in [0.2, 0.25) is 11.8 Å². The summed E-state index contributed by atoms with van der Waals surface area (Å²) in [6.45, 7) is 9.90. The third-order valence-corrected chi connectivity index (χ3v) is 9.48. The second kappa shape index (κ2) is 9.70. The van der Waals surface area contributed by atoms with Gasteiger partial charge in [0.25, 0.3) is 5.91 Å². The van der Waals surface area contributed by atoms with Crippen molar-refractivity contribution in [2.75, 3.05) is 26.2 Å². The summed E-state index contributed by atoms with van der Waals surface area (Å²) in [5, 5.41) is 2.37. The molecule has 0 spiro atoms. The molecule has 1 aromatic carbocycles. The molecular formula is C29H40N4O4. The van der Waals surface area contributed by atoms with Crippen LogP contribution < -0.4 is 10.1 Å². The van der Waals surface area contributed by atoms with Crippen molar-refractivity contribution in [2.24, 2.45) is 5.41 Å². The van der Waals surface area contributed by atoms with Gasteiger partial charge in [0.1, 0.15) is 17.9 Å². The Morgan fingerprint density at radius 1 is 0.973 bits per heavy atom. The molecule has 3 amide bonds. The van der Waals surface area contributed by atoms with Crippen LogP contribution in [0.4, 0.5) is 0 Å². The average molecular weight is 509 g/mol. The van der Waals surface area contributed by atoms with Crippen LogP contribution in [0.25, 0.3) is 0 Å². The highest BCUT2D eigenvalue weighted by atomic mass is 16.5. The van der Waals surface area contributed by atoms with Crippen molar-refractivity contribution >= 4 is 17.7 Å². The fourth-order valence-electron chi connectivity index (χ4n) is 6.92. The Morgan fingerprint density at radius 3 is 2.49 bits per heavy atom. The predicted molar refractivity (Wildman–Crippen MR) is 139 cm³/mol. The molecule has 1 unspecified atom stereocenters. The quantitative estimate of drug-likeness (QED) is 0.616. The van der Waals surface area contributed by atoms with Crippen molar-refractivity contribution < 1.29 is 19.1 Å². The van der Waals surface area contributed by atoms with Crippen molar-refractivity contribution in [1.82, 2.24) is 20.0 Å². The van der Waals surface area contributed by atoms with Crippen LogP contribution in [0.3, 0.4) is 0 Å². The first-order chi connectivity index (χ1) is 17.8.